The Morgan fingerprint density at radius 3 is 2.34 bits per heavy atom. The van der Waals surface area contributed by atoms with Crippen molar-refractivity contribution in [1.82, 2.24) is 9.88 Å². The molecule has 1 fully saturated rings. The number of carbonyl (C=O) groups excluding carboxylic acids is 2. The Balaban J connectivity index is 1.84. The molecule has 32 heavy (non-hydrogen) atoms. The largest absolute Gasteiger partial charge is 0.508 e. The molecule has 0 radical (unpaired) electrons. The minimum Gasteiger partial charge on any atom is -0.508 e. The first-order valence-corrected chi connectivity index (χ1v) is 9.58. The van der Waals surface area contributed by atoms with E-state index in [1.54, 1.807) is 36.7 Å². The number of non-ortho nitro benzene ring substituents is 1. The normalized spacial score (nSPS) is 17.5. The molecule has 2 heterocycles. The fraction of sp³-hybridized carbons (Fsp3) is 0.0870. The van der Waals surface area contributed by atoms with Crippen molar-refractivity contribution in [3.8, 4) is 5.75 Å². The number of likely N-dealkylation sites (tertiary alicyclic amines) is 1. The van der Waals surface area contributed by atoms with Crippen molar-refractivity contribution in [1.29, 1.82) is 0 Å². The summed E-state index contributed by atoms with van der Waals surface area (Å²) in [5, 5.41) is 31.5. The summed E-state index contributed by atoms with van der Waals surface area (Å²) in [4.78, 5) is 41.6. The molecule has 3 aromatic rings. The van der Waals surface area contributed by atoms with Gasteiger partial charge in [-0.3, -0.25) is 24.7 Å². The maximum atomic E-state index is 13.0. The Bertz CT molecular complexity index is 1220. The second kappa shape index (κ2) is 8.31. The molecule has 0 bridgehead atoms. The molecule has 0 spiro atoms. The van der Waals surface area contributed by atoms with Gasteiger partial charge in [0.2, 0.25) is 0 Å². The lowest BCUT2D eigenvalue weighted by Crippen LogP contribution is -2.29. The third kappa shape index (κ3) is 3.79. The lowest BCUT2D eigenvalue weighted by molar-refractivity contribution is -0.384. The number of aromatic nitrogens is 1. The Labute approximate surface area is 182 Å². The van der Waals surface area contributed by atoms with Gasteiger partial charge in [0.1, 0.15) is 11.5 Å². The molecular formula is C23H17N3O6. The minimum atomic E-state index is -0.925. The number of nitrogens with zero attached hydrogens (tertiary/aromatic N) is 3. The third-order valence-corrected chi connectivity index (χ3v) is 5.18. The molecule has 1 aromatic heterocycles. The predicted molar refractivity (Wildman–Crippen MR) is 113 cm³/mol. The van der Waals surface area contributed by atoms with Crippen molar-refractivity contribution in [3.05, 3.63) is 105 Å². The summed E-state index contributed by atoms with van der Waals surface area (Å²) in [6.07, 6.45) is 3.16. The maximum absolute atomic E-state index is 13.0. The van der Waals surface area contributed by atoms with Gasteiger partial charge in [0.05, 0.1) is 16.5 Å². The SMILES string of the molecule is O=C1C(=O)N(Cc2cccnc2)C(c2ccc(O)cc2)/C1=C(/O)c1ccc([N+](=O)[O-])cc1. The van der Waals surface area contributed by atoms with Crippen LogP contribution in [0.1, 0.15) is 22.7 Å². The Morgan fingerprint density at radius 2 is 1.75 bits per heavy atom. The quantitative estimate of drug-likeness (QED) is 0.208. The van der Waals surface area contributed by atoms with Crippen molar-refractivity contribution in [2.75, 3.05) is 0 Å². The van der Waals surface area contributed by atoms with Crippen LogP contribution < -0.4 is 0 Å². The van der Waals surface area contributed by atoms with Crippen molar-refractivity contribution in [2.24, 2.45) is 0 Å². The van der Waals surface area contributed by atoms with Crippen LogP contribution in [0.5, 0.6) is 5.75 Å². The van der Waals surface area contributed by atoms with Crippen LogP contribution in [0.4, 0.5) is 5.69 Å². The lowest BCUT2D eigenvalue weighted by Gasteiger charge is -2.25. The molecule has 9 heteroatoms. The number of aliphatic hydroxyl groups is 1. The molecule has 160 valence electrons. The number of nitro benzene ring substituents is 1. The van der Waals surface area contributed by atoms with Crippen LogP contribution in [0.15, 0.2) is 78.6 Å². The van der Waals surface area contributed by atoms with Gasteiger partial charge in [-0.05, 0) is 41.5 Å². The topological polar surface area (TPSA) is 134 Å². The van der Waals surface area contributed by atoms with E-state index in [1.807, 2.05) is 0 Å². The molecule has 1 aliphatic rings. The van der Waals surface area contributed by atoms with E-state index in [0.29, 0.717) is 11.1 Å². The zero-order valence-corrected chi connectivity index (χ0v) is 16.6. The van der Waals surface area contributed by atoms with E-state index in [0.717, 1.165) is 0 Å². The number of nitro groups is 1. The molecule has 1 amide bonds. The van der Waals surface area contributed by atoms with E-state index in [4.69, 9.17) is 0 Å². The van der Waals surface area contributed by atoms with Crippen molar-refractivity contribution < 1.29 is 24.7 Å². The zero-order valence-electron chi connectivity index (χ0n) is 16.6. The van der Waals surface area contributed by atoms with E-state index in [-0.39, 0.29) is 29.1 Å². The summed E-state index contributed by atoms with van der Waals surface area (Å²) in [6.45, 7) is 0.0704. The van der Waals surface area contributed by atoms with E-state index in [9.17, 15) is 29.9 Å². The number of aromatic hydroxyl groups is 1. The highest BCUT2D eigenvalue weighted by molar-refractivity contribution is 6.46. The smallest absolute Gasteiger partial charge is 0.295 e. The molecule has 1 atom stereocenters. The fourth-order valence-corrected chi connectivity index (χ4v) is 3.63. The van der Waals surface area contributed by atoms with Gasteiger partial charge in [0.15, 0.2) is 0 Å². The van der Waals surface area contributed by atoms with Crippen molar-refractivity contribution >= 4 is 23.1 Å². The molecule has 4 rings (SSSR count). The fourth-order valence-electron chi connectivity index (χ4n) is 3.63. The van der Waals surface area contributed by atoms with Gasteiger partial charge < -0.3 is 15.1 Å². The molecule has 2 N–H and O–H groups in total. The average Bonchev–Trinajstić information content (AvgIpc) is 3.05. The van der Waals surface area contributed by atoms with Crippen LogP contribution in [-0.4, -0.2) is 36.7 Å². The molecule has 2 aromatic carbocycles. The van der Waals surface area contributed by atoms with Crippen LogP contribution in [0, 0.1) is 10.1 Å². The van der Waals surface area contributed by atoms with E-state index in [2.05, 4.69) is 4.98 Å². The molecular weight excluding hydrogens is 414 g/mol. The molecule has 1 saturated heterocycles. The second-order valence-electron chi connectivity index (χ2n) is 7.18. The number of amides is 1. The van der Waals surface area contributed by atoms with Crippen LogP contribution in [0.3, 0.4) is 0 Å². The number of hydrogen-bond acceptors (Lipinski definition) is 7. The van der Waals surface area contributed by atoms with E-state index < -0.39 is 28.4 Å². The number of carbonyl (C=O) groups is 2. The van der Waals surface area contributed by atoms with Gasteiger partial charge in [-0.1, -0.05) is 18.2 Å². The molecule has 0 aliphatic carbocycles. The van der Waals surface area contributed by atoms with Gasteiger partial charge in [0, 0.05) is 36.6 Å². The number of ketones is 1. The Morgan fingerprint density at radius 1 is 1.06 bits per heavy atom. The molecule has 9 nitrogen and oxygen atoms in total. The molecule has 1 aliphatic heterocycles. The van der Waals surface area contributed by atoms with Gasteiger partial charge in [-0.25, -0.2) is 0 Å². The Kier molecular flexibility index (Phi) is 5.38. The number of hydrogen-bond donors (Lipinski definition) is 2. The van der Waals surface area contributed by atoms with Gasteiger partial charge in [0.25, 0.3) is 17.4 Å². The van der Waals surface area contributed by atoms with Gasteiger partial charge in [-0.2, -0.15) is 0 Å². The number of rotatable bonds is 5. The summed E-state index contributed by atoms with van der Waals surface area (Å²) in [5.74, 6) is -2.10. The first kappa shape index (κ1) is 20.7. The number of aliphatic hydroxyl groups excluding tert-OH is 1. The van der Waals surface area contributed by atoms with Gasteiger partial charge >= 0.3 is 0 Å². The molecule has 1 unspecified atom stereocenters. The van der Waals surface area contributed by atoms with Gasteiger partial charge in [-0.15, -0.1) is 0 Å². The number of benzene rings is 2. The van der Waals surface area contributed by atoms with Crippen molar-refractivity contribution in [3.63, 3.8) is 0 Å². The highest BCUT2D eigenvalue weighted by Gasteiger charge is 2.46. The van der Waals surface area contributed by atoms with Crippen LogP contribution in [0.2, 0.25) is 0 Å². The summed E-state index contributed by atoms with van der Waals surface area (Å²) in [6, 6.07) is 13.5. The monoisotopic (exact) mass is 431 g/mol. The summed E-state index contributed by atoms with van der Waals surface area (Å²) in [7, 11) is 0. The Hall–Kier alpha value is -4.53. The number of phenols is 1. The lowest BCUT2D eigenvalue weighted by atomic mass is 9.95. The number of Topliss-reactive ketones (excluding diaryl/α,β-unsaturated/α-hetero) is 1. The highest BCUT2D eigenvalue weighted by atomic mass is 16.6. The van der Waals surface area contributed by atoms with E-state index in [1.165, 1.54) is 41.3 Å². The first-order valence-electron chi connectivity index (χ1n) is 9.58. The zero-order chi connectivity index (χ0) is 22.8. The molecule has 0 saturated carbocycles. The van der Waals surface area contributed by atoms with E-state index >= 15 is 0 Å². The maximum Gasteiger partial charge on any atom is 0.295 e. The summed E-state index contributed by atoms with van der Waals surface area (Å²) in [5.41, 5.74) is 1.05. The van der Waals surface area contributed by atoms with Crippen molar-refractivity contribution in [2.45, 2.75) is 12.6 Å². The third-order valence-electron chi connectivity index (χ3n) is 5.18. The van der Waals surface area contributed by atoms with Crippen LogP contribution in [-0.2, 0) is 16.1 Å². The first-order chi connectivity index (χ1) is 15.4. The van der Waals surface area contributed by atoms with Crippen LogP contribution in [0.25, 0.3) is 5.76 Å². The predicted octanol–water partition coefficient (Wildman–Crippen LogP) is 3.32. The summed E-state index contributed by atoms with van der Waals surface area (Å²) < 4.78 is 0. The number of pyridine rings is 1. The van der Waals surface area contributed by atoms with Crippen LogP contribution >= 0.6 is 0 Å². The summed E-state index contributed by atoms with van der Waals surface area (Å²) >= 11 is 0. The second-order valence-corrected chi connectivity index (χ2v) is 7.18. The average molecular weight is 431 g/mol. The highest BCUT2D eigenvalue weighted by Crippen LogP contribution is 2.40. The number of phenolic OH excluding ortho intramolecular Hbond substituents is 1. The standard InChI is InChI=1S/C23H17N3O6/c27-18-9-5-15(6-10-18)20-19(21(28)16-3-7-17(8-4-16)26(31)32)22(29)23(30)25(20)13-14-2-1-11-24-12-14/h1-12,20,27-28H,13H2/b21-19-. The minimum absolute atomic E-state index is 0.00771.